The van der Waals surface area contributed by atoms with Gasteiger partial charge >= 0.3 is 5.97 Å². The van der Waals surface area contributed by atoms with E-state index >= 15 is 0 Å². The van der Waals surface area contributed by atoms with Crippen LogP contribution in [-0.2, 0) is 9.59 Å². The van der Waals surface area contributed by atoms with Crippen molar-refractivity contribution >= 4 is 29.4 Å². The van der Waals surface area contributed by atoms with Gasteiger partial charge in [-0.05, 0) is 44.2 Å². The second-order valence-electron chi connectivity index (χ2n) is 8.95. The minimum Gasteiger partial charge on any atom is -0.484 e. The highest BCUT2D eigenvalue weighted by molar-refractivity contribution is 6.30. The van der Waals surface area contributed by atoms with Crippen LogP contribution >= 0.6 is 11.6 Å². The van der Waals surface area contributed by atoms with Gasteiger partial charge in [-0.1, -0.05) is 11.6 Å². The first-order valence-electron chi connectivity index (χ1n) is 11.2. The summed E-state index contributed by atoms with van der Waals surface area (Å²) in [6.45, 7) is -0.690. The van der Waals surface area contributed by atoms with Gasteiger partial charge in [0.05, 0.1) is 29.1 Å². The van der Waals surface area contributed by atoms with Crippen molar-refractivity contribution < 1.29 is 38.5 Å². The lowest BCUT2D eigenvalue weighted by Gasteiger charge is -2.56. The number of halogens is 2. The van der Waals surface area contributed by atoms with Gasteiger partial charge in [0.25, 0.3) is 11.8 Å². The molecule has 1 aromatic carbocycles. The number of carbonyl (C=O) groups excluding carboxylic acids is 2. The van der Waals surface area contributed by atoms with Crippen molar-refractivity contribution in [2.24, 2.45) is 0 Å². The maximum Gasteiger partial charge on any atom is 0.373 e. The lowest BCUT2D eigenvalue weighted by molar-refractivity contribution is -0.137. The van der Waals surface area contributed by atoms with Crippen LogP contribution in [0.3, 0.4) is 0 Å². The molecule has 0 unspecified atom stereocenters. The summed E-state index contributed by atoms with van der Waals surface area (Å²) in [5.41, 5.74) is -1.47. The average molecular weight is 523 g/mol. The molecule has 11 nitrogen and oxygen atoms in total. The van der Waals surface area contributed by atoms with Gasteiger partial charge in [0.2, 0.25) is 5.82 Å². The van der Waals surface area contributed by atoms with Crippen LogP contribution in [0.5, 0.6) is 11.5 Å². The van der Waals surface area contributed by atoms with E-state index in [-0.39, 0.29) is 42.0 Å². The molecule has 1 atom stereocenters. The third-order valence-electron chi connectivity index (χ3n) is 6.56. The number of carboxylic acid groups (broad SMARTS) is 1. The number of carboxylic acids is 1. The lowest BCUT2D eigenvalue weighted by Crippen LogP contribution is -2.70. The predicted octanol–water partition coefficient (Wildman–Crippen LogP) is 1.47. The van der Waals surface area contributed by atoms with Crippen LogP contribution in [-0.4, -0.2) is 68.4 Å². The topological polar surface area (TPSA) is 160 Å². The number of rotatable bonds is 9. The first-order chi connectivity index (χ1) is 17.1. The fourth-order valence-electron chi connectivity index (χ4n) is 4.67. The van der Waals surface area contributed by atoms with Crippen molar-refractivity contribution in [1.29, 1.82) is 0 Å². The first kappa shape index (κ1) is 25.6. The number of ether oxygens (including phenoxy) is 2. The quantitative estimate of drug-likeness (QED) is 0.382. The molecule has 192 valence electrons. The minimum absolute atomic E-state index is 0.0521. The van der Waals surface area contributed by atoms with E-state index in [0.29, 0.717) is 25.7 Å². The molecule has 2 bridgehead atoms. The zero-order valence-corrected chi connectivity index (χ0v) is 19.8. The summed E-state index contributed by atoms with van der Waals surface area (Å²) in [6, 6.07) is 3.87. The van der Waals surface area contributed by atoms with E-state index in [9.17, 15) is 23.9 Å². The molecule has 0 saturated heterocycles. The summed E-state index contributed by atoms with van der Waals surface area (Å²) >= 11 is 5.64. The summed E-state index contributed by atoms with van der Waals surface area (Å²) in [5, 5.41) is 25.4. The number of aliphatic hydroxyl groups is 1. The number of hydrogen-bond acceptors (Lipinski definition) is 8. The smallest absolute Gasteiger partial charge is 0.373 e. The Hall–Kier alpha value is -3.51. The third-order valence-corrected chi connectivity index (χ3v) is 6.87. The molecule has 1 heterocycles. The summed E-state index contributed by atoms with van der Waals surface area (Å²) in [7, 11) is 0. The summed E-state index contributed by atoms with van der Waals surface area (Å²) in [5.74, 6) is -2.88. The average Bonchev–Trinajstić information content (AvgIpc) is 2.85. The van der Waals surface area contributed by atoms with E-state index in [1.165, 1.54) is 12.1 Å². The molecule has 3 aliphatic carbocycles. The number of aromatic carboxylic acids is 1. The van der Waals surface area contributed by atoms with Crippen molar-refractivity contribution in [2.45, 2.75) is 49.3 Å². The molecule has 3 fully saturated rings. The van der Waals surface area contributed by atoms with Crippen LogP contribution in [0.2, 0.25) is 5.02 Å². The molecular formula is C23H24ClFN4O7. The van der Waals surface area contributed by atoms with Crippen LogP contribution < -0.4 is 20.1 Å². The Kier molecular flexibility index (Phi) is 7.27. The van der Waals surface area contributed by atoms with Crippen LogP contribution in [0.15, 0.2) is 30.6 Å². The number of nitrogens with one attached hydrogen (secondary N) is 2. The van der Waals surface area contributed by atoms with Gasteiger partial charge in [0.1, 0.15) is 11.6 Å². The van der Waals surface area contributed by atoms with Crippen LogP contribution in [0, 0.1) is 5.82 Å². The second kappa shape index (κ2) is 10.2. The van der Waals surface area contributed by atoms with Crippen LogP contribution in [0.4, 0.5) is 4.39 Å². The number of hydrogen-bond donors (Lipinski definition) is 4. The molecule has 1 aromatic heterocycles. The molecule has 5 rings (SSSR count). The van der Waals surface area contributed by atoms with E-state index in [0.717, 1.165) is 18.5 Å². The largest absolute Gasteiger partial charge is 0.484 e. The fourth-order valence-corrected chi connectivity index (χ4v) is 4.79. The fraction of sp³-hybridized carbons (Fsp3) is 0.435. The number of carbonyl (C=O) groups is 3. The number of amides is 2. The van der Waals surface area contributed by atoms with Crippen molar-refractivity contribution in [3.8, 4) is 11.5 Å². The Morgan fingerprint density at radius 1 is 1.03 bits per heavy atom. The minimum atomic E-state index is -1.27. The molecule has 4 N–H and O–H groups in total. The van der Waals surface area contributed by atoms with E-state index < -0.39 is 40.8 Å². The van der Waals surface area contributed by atoms with E-state index in [1.807, 2.05) is 0 Å². The molecule has 3 saturated carbocycles. The molecule has 0 spiro atoms. The Balaban J connectivity index is 1.26. The molecule has 2 amide bonds. The monoisotopic (exact) mass is 522 g/mol. The van der Waals surface area contributed by atoms with E-state index in [2.05, 4.69) is 20.6 Å². The van der Waals surface area contributed by atoms with Crippen molar-refractivity contribution in [3.63, 3.8) is 0 Å². The number of benzene rings is 1. The van der Waals surface area contributed by atoms with Gasteiger partial charge in [-0.3, -0.25) is 9.59 Å². The summed E-state index contributed by atoms with van der Waals surface area (Å²) in [4.78, 5) is 43.0. The molecule has 0 aliphatic heterocycles. The van der Waals surface area contributed by atoms with Crippen LogP contribution in [0.1, 0.15) is 42.7 Å². The van der Waals surface area contributed by atoms with Crippen LogP contribution in [0.25, 0.3) is 0 Å². The number of nitrogens with zero attached hydrogens (tertiary/aromatic N) is 2. The predicted molar refractivity (Wildman–Crippen MR) is 122 cm³/mol. The molecular weight excluding hydrogens is 499 g/mol. The third kappa shape index (κ3) is 5.65. The van der Waals surface area contributed by atoms with Gasteiger partial charge in [-0.15, -0.1) is 0 Å². The Morgan fingerprint density at radius 2 is 1.64 bits per heavy atom. The zero-order chi connectivity index (χ0) is 25.9. The molecule has 3 aliphatic rings. The van der Waals surface area contributed by atoms with E-state index in [1.54, 1.807) is 0 Å². The lowest BCUT2D eigenvalue weighted by atomic mass is 9.60. The highest BCUT2D eigenvalue weighted by atomic mass is 35.5. The Bertz CT molecular complexity index is 1160. The zero-order valence-electron chi connectivity index (χ0n) is 19.0. The van der Waals surface area contributed by atoms with Gasteiger partial charge < -0.3 is 30.3 Å². The Labute approximate surface area is 210 Å². The summed E-state index contributed by atoms with van der Waals surface area (Å²) < 4.78 is 24.2. The van der Waals surface area contributed by atoms with Crippen molar-refractivity contribution in [1.82, 2.24) is 20.6 Å². The SMILES string of the molecule is O=C(COc1cnc(C(=O)O)nc1)NC12CCC(NC(=O)COc3ccc(Cl)c(F)c3)(CC1)[C@@H](O)C2. The highest BCUT2D eigenvalue weighted by Crippen LogP contribution is 2.47. The van der Waals surface area contributed by atoms with Gasteiger partial charge in [-0.2, -0.15) is 0 Å². The highest BCUT2D eigenvalue weighted by Gasteiger charge is 2.55. The standard InChI is InChI=1S/C23H24ClFN4O7/c24-15-2-1-13(7-16(15)25)35-12-19(32)29-23-5-3-22(4-6-23,8-17(23)30)28-18(31)11-36-14-9-26-20(21(33)34)27-10-14/h1-2,7,9-10,17,30H,3-6,8,11-12H2,(H,28,31)(H,29,32)(H,33,34)/t17-,22?,23?/m0/s1. The maximum atomic E-state index is 13.5. The maximum absolute atomic E-state index is 13.5. The van der Waals surface area contributed by atoms with Gasteiger partial charge in [-0.25, -0.2) is 19.2 Å². The normalized spacial score (nSPS) is 24.6. The second-order valence-corrected chi connectivity index (χ2v) is 9.36. The Morgan fingerprint density at radius 3 is 2.22 bits per heavy atom. The van der Waals surface area contributed by atoms with Gasteiger partial charge in [0.15, 0.2) is 19.0 Å². The van der Waals surface area contributed by atoms with Gasteiger partial charge in [0, 0.05) is 11.6 Å². The van der Waals surface area contributed by atoms with Crippen molar-refractivity contribution in [3.05, 3.63) is 47.3 Å². The molecule has 2 aromatic rings. The molecule has 0 radical (unpaired) electrons. The van der Waals surface area contributed by atoms with Crippen molar-refractivity contribution in [2.75, 3.05) is 13.2 Å². The molecule has 13 heteroatoms. The number of aliphatic hydroxyl groups excluding tert-OH is 1. The summed E-state index contributed by atoms with van der Waals surface area (Å²) in [6.07, 6.45) is 3.65. The first-order valence-corrected chi connectivity index (χ1v) is 11.5. The molecule has 36 heavy (non-hydrogen) atoms. The number of aromatic nitrogens is 2. The van der Waals surface area contributed by atoms with E-state index in [4.69, 9.17) is 26.2 Å². The number of fused-ring (bicyclic) bond motifs is 3.